The number of carbonyl (C=O) groups excluding carboxylic acids is 1. The van der Waals surface area contributed by atoms with Gasteiger partial charge in [0.15, 0.2) is 12.6 Å². The van der Waals surface area contributed by atoms with E-state index in [1.807, 2.05) is 6.08 Å². The molecule has 0 bridgehead atoms. The number of nitrogens with one attached hydrogen (secondary N) is 1. The van der Waals surface area contributed by atoms with Crippen LogP contribution >= 0.6 is 0 Å². The first-order valence-corrected chi connectivity index (χ1v) is 39.0. The average Bonchev–Trinajstić information content (AvgIpc) is 0.854. The molecular formula is C79H145NO13. The van der Waals surface area contributed by atoms with Gasteiger partial charge in [-0.2, -0.15) is 0 Å². The van der Waals surface area contributed by atoms with Gasteiger partial charge in [-0.05, 0) is 57.8 Å². The summed E-state index contributed by atoms with van der Waals surface area (Å²) in [6, 6.07) is -0.918. The minimum absolute atomic E-state index is 0.235. The van der Waals surface area contributed by atoms with Crippen LogP contribution in [0.3, 0.4) is 0 Å². The van der Waals surface area contributed by atoms with Crippen LogP contribution in [0.5, 0.6) is 0 Å². The SMILES string of the molecule is CC/C=C\C/C=C\C/C=C\C/C=C\CCCCCCCCCCCCCCCCCCC(=O)NC(COC1OC(CO)C(OC2OC(CO)C(O)C(O)C2O)C(O)C1O)C(O)/C=C/CCCCCCCCCCCCCCCCCCCCCCCCCCCCCC. The van der Waals surface area contributed by atoms with Crippen LogP contribution in [0.2, 0.25) is 0 Å². The number of ether oxygens (including phenoxy) is 4. The molecule has 2 aliphatic heterocycles. The molecule has 0 saturated carbocycles. The van der Waals surface area contributed by atoms with E-state index in [9.17, 15) is 45.6 Å². The first-order valence-electron chi connectivity index (χ1n) is 39.0. The van der Waals surface area contributed by atoms with Gasteiger partial charge >= 0.3 is 0 Å². The lowest BCUT2D eigenvalue weighted by atomic mass is 9.97. The van der Waals surface area contributed by atoms with Crippen LogP contribution in [0, 0.1) is 0 Å². The molecule has 0 aromatic carbocycles. The Labute approximate surface area is 568 Å². The van der Waals surface area contributed by atoms with Crippen LogP contribution in [-0.4, -0.2) is 140 Å². The van der Waals surface area contributed by atoms with E-state index in [4.69, 9.17) is 18.9 Å². The van der Waals surface area contributed by atoms with Crippen LogP contribution < -0.4 is 5.32 Å². The molecule has 93 heavy (non-hydrogen) atoms. The lowest BCUT2D eigenvalue weighted by Gasteiger charge is -2.46. The Bertz CT molecular complexity index is 1790. The molecule has 1 amide bonds. The van der Waals surface area contributed by atoms with Gasteiger partial charge in [-0.15, -0.1) is 0 Å². The van der Waals surface area contributed by atoms with E-state index < -0.39 is 86.8 Å². The van der Waals surface area contributed by atoms with Crippen molar-refractivity contribution in [3.05, 3.63) is 60.8 Å². The number of aliphatic hydroxyl groups excluding tert-OH is 8. The highest BCUT2D eigenvalue weighted by atomic mass is 16.7. The molecule has 2 saturated heterocycles. The van der Waals surface area contributed by atoms with Crippen molar-refractivity contribution in [2.24, 2.45) is 0 Å². The summed E-state index contributed by atoms with van der Waals surface area (Å²) in [5.41, 5.74) is 0. The molecule has 2 heterocycles. The quantitative estimate of drug-likeness (QED) is 0.0204. The molecule has 0 aliphatic carbocycles. The highest BCUT2D eigenvalue weighted by Crippen LogP contribution is 2.30. The zero-order chi connectivity index (χ0) is 67.3. The van der Waals surface area contributed by atoms with E-state index in [1.165, 1.54) is 250 Å². The van der Waals surface area contributed by atoms with E-state index in [0.29, 0.717) is 6.42 Å². The number of unbranched alkanes of at least 4 members (excludes halogenated alkanes) is 44. The normalized spacial score (nSPS) is 22.9. The molecule has 12 atom stereocenters. The number of hydrogen-bond donors (Lipinski definition) is 9. The van der Waals surface area contributed by atoms with Gasteiger partial charge in [0, 0.05) is 6.42 Å². The maximum Gasteiger partial charge on any atom is 0.220 e. The monoisotopic (exact) mass is 1320 g/mol. The van der Waals surface area contributed by atoms with Gasteiger partial charge in [-0.25, -0.2) is 0 Å². The van der Waals surface area contributed by atoms with Crippen molar-refractivity contribution in [1.82, 2.24) is 5.32 Å². The highest BCUT2D eigenvalue weighted by Gasteiger charge is 2.51. The average molecular weight is 1320 g/mol. The highest BCUT2D eigenvalue weighted by molar-refractivity contribution is 5.76. The Hall–Kier alpha value is -2.31. The molecule has 0 radical (unpaired) electrons. The zero-order valence-corrected chi connectivity index (χ0v) is 59.5. The molecule has 0 aromatic rings. The fourth-order valence-electron chi connectivity index (χ4n) is 12.8. The lowest BCUT2D eigenvalue weighted by Crippen LogP contribution is -2.65. The maximum atomic E-state index is 13.4. The van der Waals surface area contributed by atoms with E-state index in [2.05, 4.69) is 67.8 Å². The molecular weight excluding hydrogens is 1170 g/mol. The Morgan fingerprint density at radius 2 is 0.742 bits per heavy atom. The second kappa shape index (κ2) is 63.2. The fraction of sp³-hybridized carbons (Fsp3) is 0.861. The second-order valence-corrected chi connectivity index (χ2v) is 27.5. The molecule has 14 nitrogen and oxygen atoms in total. The van der Waals surface area contributed by atoms with Gasteiger partial charge in [-0.1, -0.05) is 338 Å². The Kier molecular flexibility index (Phi) is 58.9. The standard InChI is InChI=1S/C79H145NO13/c1-3-5-7-9-11-13-15-17-19-21-23-25-27-29-31-33-35-36-38-40-42-44-46-48-50-52-54-56-58-60-62-68(83)67(66-90-78-76(89)74(87)77(70(65-82)92-78)93-79-75(88)73(86)72(85)69(64-81)91-79)80-71(84)63-61-59-57-55-53-51-49-47-45-43-41-39-37-34-32-30-28-26-24-22-20-18-16-14-12-10-8-6-4-2/h6,8,12,14,18,20,24,26,60,62,67-70,72-79,81-83,85-89H,3-5,7,9-11,13,15-17,19,21-23,25,27-59,61,63-66H2,1-2H3,(H,80,84)/b8-6-,14-12-,20-18-,26-24-,62-60+. The number of hydrogen-bond acceptors (Lipinski definition) is 13. The summed E-state index contributed by atoms with van der Waals surface area (Å²) in [7, 11) is 0. The molecule has 2 fully saturated rings. The largest absolute Gasteiger partial charge is 0.394 e. The minimum atomic E-state index is -1.79. The zero-order valence-electron chi connectivity index (χ0n) is 59.5. The summed E-state index contributed by atoms with van der Waals surface area (Å²) >= 11 is 0. The molecule has 9 N–H and O–H groups in total. The van der Waals surface area contributed by atoms with Gasteiger partial charge in [0.1, 0.15) is 48.8 Å². The number of allylic oxidation sites excluding steroid dienone is 9. The van der Waals surface area contributed by atoms with Crippen LogP contribution in [0.4, 0.5) is 0 Å². The van der Waals surface area contributed by atoms with Crippen molar-refractivity contribution in [3.8, 4) is 0 Å². The smallest absolute Gasteiger partial charge is 0.220 e. The molecule has 12 unspecified atom stereocenters. The van der Waals surface area contributed by atoms with Gasteiger partial charge < -0.3 is 65.1 Å². The van der Waals surface area contributed by atoms with Crippen LogP contribution in [0.1, 0.15) is 341 Å². The third-order valence-corrected chi connectivity index (χ3v) is 19.0. The molecule has 0 spiro atoms. The molecule has 2 aliphatic rings. The van der Waals surface area contributed by atoms with Gasteiger partial charge in [0.05, 0.1) is 32.0 Å². The van der Waals surface area contributed by atoms with Gasteiger partial charge in [-0.3, -0.25) is 4.79 Å². The summed E-state index contributed by atoms with van der Waals surface area (Å²) in [5.74, 6) is -0.235. The summed E-state index contributed by atoms with van der Waals surface area (Å²) in [6.45, 7) is 2.74. The molecule has 14 heteroatoms. The van der Waals surface area contributed by atoms with E-state index in [1.54, 1.807) is 6.08 Å². The third kappa shape index (κ3) is 46.6. The Morgan fingerprint density at radius 3 is 1.14 bits per heavy atom. The first kappa shape index (κ1) is 86.8. The van der Waals surface area contributed by atoms with Crippen molar-refractivity contribution in [2.75, 3.05) is 19.8 Å². The van der Waals surface area contributed by atoms with E-state index >= 15 is 0 Å². The van der Waals surface area contributed by atoms with Crippen molar-refractivity contribution in [1.29, 1.82) is 0 Å². The molecule has 0 aromatic heterocycles. The van der Waals surface area contributed by atoms with E-state index in [-0.39, 0.29) is 18.9 Å². The van der Waals surface area contributed by atoms with Gasteiger partial charge in [0.2, 0.25) is 5.91 Å². The number of carbonyl (C=O) groups is 1. The number of rotatable bonds is 65. The van der Waals surface area contributed by atoms with E-state index in [0.717, 1.165) is 64.2 Å². The fourth-order valence-corrected chi connectivity index (χ4v) is 12.8. The Balaban J connectivity index is 1.63. The van der Waals surface area contributed by atoms with Crippen LogP contribution in [-0.2, 0) is 23.7 Å². The number of aliphatic hydroxyl groups is 8. The van der Waals surface area contributed by atoms with Crippen molar-refractivity contribution >= 4 is 5.91 Å². The molecule has 544 valence electrons. The summed E-state index contributed by atoms with van der Waals surface area (Å²) in [4.78, 5) is 13.4. The topological polar surface area (TPSA) is 228 Å². The predicted molar refractivity (Wildman–Crippen MR) is 383 cm³/mol. The number of amides is 1. The molecule has 2 rings (SSSR count). The van der Waals surface area contributed by atoms with Crippen LogP contribution in [0.15, 0.2) is 60.8 Å². The maximum absolute atomic E-state index is 13.4. The van der Waals surface area contributed by atoms with Crippen molar-refractivity contribution in [2.45, 2.75) is 415 Å². The Morgan fingerprint density at radius 1 is 0.398 bits per heavy atom. The predicted octanol–water partition coefficient (Wildman–Crippen LogP) is 17.2. The first-order chi connectivity index (χ1) is 45.6. The second-order valence-electron chi connectivity index (χ2n) is 27.5. The summed E-state index contributed by atoms with van der Waals surface area (Å²) < 4.78 is 22.9. The van der Waals surface area contributed by atoms with Gasteiger partial charge in [0.25, 0.3) is 0 Å². The minimum Gasteiger partial charge on any atom is -0.394 e. The summed E-state index contributed by atoms with van der Waals surface area (Å²) in [6.07, 6.45) is 68.6. The summed E-state index contributed by atoms with van der Waals surface area (Å²) in [5, 5.41) is 87.7. The van der Waals surface area contributed by atoms with Crippen molar-refractivity contribution in [3.63, 3.8) is 0 Å². The van der Waals surface area contributed by atoms with Crippen LogP contribution in [0.25, 0.3) is 0 Å². The van der Waals surface area contributed by atoms with Crippen molar-refractivity contribution < 1.29 is 64.6 Å². The lowest BCUT2D eigenvalue weighted by molar-refractivity contribution is -0.359. The third-order valence-electron chi connectivity index (χ3n) is 19.0.